The van der Waals surface area contributed by atoms with Gasteiger partial charge in [-0.25, -0.2) is 4.68 Å². The first-order chi connectivity index (χ1) is 12.1. The zero-order valence-corrected chi connectivity index (χ0v) is 15.5. The Bertz CT molecular complexity index is 873. The minimum absolute atomic E-state index is 0.529. The van der Waals surface area contributed by atoms with Crippen LogP contribution < -0.4 is 0 Å². The zero-order chi connectivity index (χ0) is 17.6. The van der Waals surface area contributed by atoms with E-state index in [4.69, 9.17) is 10.2 Å². The topological polar surface area (TPSA) is 46.5 Å². The lowest BCUT2D eigenvalue weighted by Crippen LogP contribution is -2.16. The number of aryl methyl sites for hydroxylation is 1. The molecule has 0 fully saturated rings. The van der Waals surface area contributed by atoms with Crippen LogP contribution in [0.3, 0.4) is 0 Å². The van der Waals surface area contributed by atoms with Crippen LogP contribution in [0, 0.1) is 12.8 Å². The predicted octanol–water partition coefficient (Wildman–Crippen LogP) is 5.21. The number of para-hydroxylation sites is 1. The minimum Gasteiger partial charge on any atom is -0.281 e. The van der Waals surface area contributed by atoms with Crippen molar-refractivity contribution in [3.05, 3.63) is 53.3 Å². The van der Waals surface area contributed by atoms with E-state index in [1.165, 1.54) is 24.1 Å². The van der Waals surface area contributed by atoms with E-state index in [-0.39, 0.29) is 0 Å². The predicted molar refractivity (Wildman–Crippen MR) is 101 cm³/mol. The fourth-order valence-corrected chi connectivity index (χ4v) is 4.15. The van der Waals surface area contributed by atoms with Gasteiger partial charge < -0.3 is 0 Å². The molecule has 3 aromatic rings. The summed E-state index contributed by atoms with van der Waals surface area (Å²) in [5, 5.41) is 12.9. The molecule has 4 nitrogen and oxygen atoms in total. The van der Waals surface area contributed by atoms with Gasteiger partial charge in [0.05, 0.1) is 5.69 Å². The minimum atomic E-state index is 0.529. The van der Waals surface area contributed by atoms with Crippen molar-refractivity contribution >= 4 is 0 Å². The monoisotopic (exact) mass is 334 g/mol. The van der Waals surface area contributed by atoms with Crippen molar-refractivity contribution in [2.75, 3.05) is 0 Å². The maximum absolute atomic E-state index is 4.87. The Balaban J connectivity index is 1.80. The number of aromatic nitrogens is 4. The van der Waals surface area contributed by atoms with Gasteiger partial charge in [-0.05, 0) is 49.8 Å². The van der Waals surface area contributed by atoms with Crippen molar-refractivity contribution in [3.63, 3.8) is 0 Å². The summed E-state index contributed by atoms with van der Waals surface area (Å²) in [6.07, 6.45) is 2.46. The van der Waals surface area contributed by atoms with E-state index in [9.17, 15) is 0 Å². The highest BCUT2D eigenvalue weighted by molar-refractivity contribution is 5.63. The average molecular weight is 334 g/mol. The van der Waals surface area contributed by atoms with Crippen molar-refractivity contribution in [3.8, 4) is 17.1 Å². The standard InChI is InChI=1S/C21H26N4/c1-13(2)17-11-10-14(3)19-20(17)22-23-21(19)18-12-15(4)25(24-18)16-8-6-5-7-9-16/h5-9,12-14,17H,10-11H2,1-4H3,(H,22,23). The van der Waals surface area contributed by atoms with E-state index in [2.05, 4.69) is 51.0 Å². The largest absolute Gasteiger partial charge is 0.281 e. The molecule has 0 saturated heterocycles. The number of aromatic amines is 1. The van der Waals surface area contributed by atoms with E-state index in [1.807, 2.05) is 22.9 Å². The summed E-state index contributed by atoms with van der Waals surface area (Å²) in [6, 6.07) is 12.4. The third-order valence-electron chi connectivity index (χ3n) is 5.54. The van der Waals surface area contributed by atoms with Crippen LogP contribution in [0.4, 0.5) is 0 Å². The number of benzene rings is 1. The van der Waals surface area contributed by atoms with Crippen LogP contribution >= 0.6 is 0 Å². The molecule has 130 valence electrons. The summed E-state index contributed by atoms with van der Waals surface area (Å²) < 4.78 is 2.00. The average Bonchev–Trinajstić information content (AvgIpc) is 3.20. The maximum atomic E-state index is 4.87. The van der Waals surface area contributed by atoms with Gasteiger partial charge in [-0.3, -0.25) is 5.10 Å². The fraction of sp³-hybridized carbons (Fsp3) is 0.429. The number of hydrogen-bond donors (Lipinski definition) is 1. The summed E-state index contributed by atoms with van der Waals surface area (Å²) >= 11 is 0. The van der Waals surface area contributed by atoms with Gasteiger partial charge in [0.25, 0.3) is 0 Å². The van der Waals surface area contributed by atoms with Crippen molar-refractivity contribution in [2.45, 2.75) is 52.4 Å². The van der Waals surface area contributed by atoms with Crippen molar-refractivity contribution < 1.29 is 0 Å². The van der Waals surface area contributed by atoms with E-state index < -0.39 is 0 Å². The lowest BCUT2D eigenvalue weighted by molar-refractivity contribution is 0.403. The molecule has 2 heterocycles. The molecule has 25 heavy (non-hydrogen) atoms. The highest BCUT2D eigenvalue weighted by Crippen LogP contribution is 2.44. The van der Waals surface area contributed by atoms with Gasteiger partial charge in [0.2, 0.25) is 0 Å². The molecular weight excluding hydrogens is 308 g/mol. The highest BCUT2D eigenvalue weighted by atomic mass is 15.3. The molecule has 2 unspecified atom stereocenters. The molecule has 0 aliphatic heterocycles. The van der Waals surface area contributed by atoms with Crippen LogP contribution in [0.15, 0.2) is 36.4 Å². The normalized spacial score (nSPS) is 20.0. The van der Waals surface area contributed by atoms with Gasteiger partial charge >= 0.3 is 0 Å². The Morgan fingerprint density at radius 2 is 1.92 bits per heavy atom. The second kappa shape index (κ2) is 6.17. The SMILES string of the molecule is Cc1cc(-c2n[nH]c3c2C(C)CCC3C(C)C)nn1-c1ccccc1. The van der Waals surface area contributed by atoms with Crippen molar-refractivity contribution in [1.82, 2.24) is 20.0 Å². The molecule has 1 aromatic carbocycles. The van der Waals surface area contributed by atoms with Crippen LogP contribution in [0.2, 0.25) is 0 Å². The first-order valence-electron chi connectivity index (χ1n) is 9.27. The molecule has 0 spiro atoms. The van der Waals surface area contributed by atoms with E-state index >= 15 is 0 Å². The Labute approximate surface area is 149 Å². The van der Waals surface area contributed by atoms with Gasteiger partial charge in [0, 0.05) is 22.9 Å². The van der Waals surface area contributed by atoms with Crippen LogP contribution in [0.25, 0.3) is 17.1 Å². The molecule has 2 atom stereocenters. The summed E-state index contributed by atoms with van der Waals surface area (Å²) in [7, 11) is 0. The molecule has 1 N–H and O–H groups in total. The molecule has 0 amide bonds. The van der Waals surface area contributed by atoms with Crippen LogP contribution in [-0.2, 0) is 0 Å². The van der Waals surface area contributed by atoms with Gasteiger partial charge in [-0.2, -0.15) is 10.2 Å². The summed E-state index contributed by atoms with van der Waals surface area (Å²) in [4.78, 5) is 0. The summed E-state index contributed by atoms with van der Waals surface area (Å²) in [5.41, 5.74) is 6.92. The Kier molecular flexibility index (Phi) is 3.98. The molecular formula is C21H26N4. The number of H-pyrrole nitrogens is 1. The Hall–Kier alpha value is -2.36. The van der Waals surface area contributed by atoms with Crippen molar-refractivity contribution in [1.29, 1.82) is 0 Å². The number of hydrogen-bond acceptors (Lipinski definition) is 2. The molecule has 1 aliphatic carbocycles. The van der Waals surface area contributed by atoms with Crippen LogP contribution in [-0.4, -0.2) is 20.0 Å². The first-order valence-corrected chi connectivity index (χ1v) is 9.27. The second-order valence-corrected chi connectivity index (χ2v) is 7.65. The lowest BCUT2D eigenvalue weighted by atomic mass is 9.75. The third kappa shape index (κ3) is 2.70. The Morgan fingerprint density at radius 1 is 1.16 bits per heavy atom. The molecule has 0 bridgehead atoms. The number of fused-ring (bicyclic) bond motifs is 1. The zero-order valence-electron chi connectivity index (χ0n) is 15.5. The van der Waals surface area contributed by atoms with E-state index in [1.54, 1.807) is 0 Å². The van der Waals surface area contributed by atoms with Crippen LogP contribution in [0.1, 0.15) is 62.4 Å². The Morgan fingerprint density at radius 3 is 2.64 bits per heavy atom. The smallest absolute Gasteiger partial charge is 0.116 e. The maximum Gasteiger partial charge on any atom is 0.116 e. The van der Waals surface area contributed by atoms with Gasteiger partial charge in [-0.1, -0.05) is 39.0 Å². The lowest BCUT2D eigenvalue weighted by Gasteiger charge is -2.29. The summed E-state index contributed by atoms with van der Waals surface area (Å²) in [5.74, 6) is 1.73. The molecule has 4 heteroatoms. The molecule has 1 aliphatic rings. The number of rotatable bonds is 3. The van der Waals surface area contributed by atoms with E-state index in [0.29, 0.717) is 17.8 Å². The molecule has 4 rings (SSSR count). The third-order valence-corrected chi connectivity index (χ3v) is 5.54. The highest BCUT2D eigenvalue weighted by Gasteiger charge is 2.32. The number of nitrogens with zero attached hydrogens (tertiary/aromatic N) is 3. The van der Waals surface area contributed by atoms with E-state index in [0.717, 1.165) is 22.8 Å². The fourth-order valence-electron chi connectivity index (χ4n) is 4.15. The molecule has 0 saturated carbocycles. The van der Waals surface area contributed by atoms with Crippen molar-refractivity contribution in [2.24, 2.45) is 5.92 Å². The second-order valence-electron chi connectivity index (χ2n) is 7.65. The van der Waals surface area contributed by atoms with Crippen LogP contribution in [0.5, 0.6) is 0 Å². The van der Waals surface area contributed by atoms with Gasteiger partial charge in [0.15, 0.2) is 0 Å². The molecule has 2 aromatic heterocycles. The summed E-state index contributed by atoms with van der Waals surface area (Å²) in [6.45, 7) is 9.02. The quantitative estimate of drug-likeness (QED) is 0.715. The number of nitrogens with one attached hydrogen (secondary N) is 1. The first kappa shape index (κ1) is 16.1. The molecule has 0 radical (unpaired) electrons. The van der Waals surface area contributed by atoms with Gasteiger partial charge in [0.1, 0.15) is 11.4 Å². The van der Waals surface area contributed by atoms with Gasteiger partial charge in [-0.15, -0.1) is 0 Å².